The fourth-order valence-electron chi connectivity index (χ4n) is 1.75. The first kappa shape index (κ1) is 10.4. The van der Waals surface area contributed by atoms with Crippen LogP contribution in [-0.4, -0.2) is 36.1 Å². The van der Waals surface area contributed by atoms with Crippen molar-refractivity contribution in [2.75, 3.05) is 20.1 Å². The Hall–Kier alpha value is -0.160. The van der Waals surface area contributed by atoms with Gasteiger partial charge in [-0.25, -0.2) is 4.98 Å². The number of rotatable bonds is 3. The molecule has 1 aromatic heterocycles. The summed E-state index contributed by atoms with van der Waals surface area (Å²) >= 11 is 7.35. The minimum atomic E-state index is 0.637. The molecule has 1 N–H and O–H groups in total. The second-order valence-electron chi connectivity index (χ2n) is 3.64. The maximum atomic E-state index is 5.78. The number of aromatic nitrogens is 1. The van der Waals surface area contributed by atoms with Crippen LogP contribution in [0.2, 0.25) is 4.47 Å². The van der Waals surface area contributed by atoms with Crippen molar-refractivity contribution in [3.63, 3.8) is 0 Å². The molecule has 5 heteroatoms. The standard InChI is InChI=1S/C9H14ClN3S/c1-13(7-2-3-11-4-7)6-8-5-12-9(10)14-8/h5,7,11H,2-4,6H2,1H3. The summed E-state index contributed by atoms with van der Waals surface area (Å²) in [6.45, 7) is 3.19. The monoisotopic (exact) mass is 231 g/mol. The predicted octanol–water partition coefficient (Wildman–Crippen LogP) is 1.59. The average molecular weight is 232 g/mol. The molecule has 2 heterocycles. The third-order valence-electron chi connectivity index (χ3n) is 2.59. The predicted molar refractivity (Wildman–Crippen MR) is 59.9 cm³/mol. The van der Waals surface area contributed by atoms with Gasteiger partial charge < -0.3 is 5.32 Å². The van der Waals surface area contributed by atoms with Crippen LogP contribution in [0.25, 0.3) is 0 Å². The molecule has 0 spiro atoms. The zero-order chi connectivity index (χ0) is 9.97. The largest absolute Gasteiger partial charge is 0.315 e. The summed E-state index contributed by atoms with van der Waals surface area (Å²) in [5, 5.41) is 3.36. The number of hydrogen-bond donors (Lipinski definition) is 1. The van der Waals surface area contributed by atoms with Crippen molar-refractivity contribution in [3.05, 3.63) is 15.5 Å². The number of thiazole rings is 1. The maximum Gasteiger partial charge on any atom is 0.183 e. The first-order chi connectivity index (χ1) is 6.75. The fourth-order valence-corrected chi connectivity index (χ4v) is 2.79. The smallest absolute Gasteiger partial charge is 0.183 e. The van der Waals surface area contributed by atoms with Crippen LogP contribution in [0.3, 0.4) is 0 Å². The highest BCUT2D eigenvalue weighted by Gasteiger charge is 2.19. The molecule has 1 unspecified atom stereocenters. The number of hydrogen-bond acceptors (Lipinski definition) is 4. The molecular weight excluding hydrogens is 218 g/mol. The third-order valence-corrected chi connectivity index (χ3v) is 3.69. The second kappa shape index (κ2) is 4.57. The fraction of sp³-hybridized carbons (Fsp3) is 0.667. The van der Waals surface area contributed by atoms with Gasteiger partial charge in [-0.15, -0.1) is 11.3 Å². The lowest BCUT2D eigenvalue weighted by molar-refractivity contribution is 0.251. The van der Waals surface area contributed by atoms with Crippen molar-refractivity contribution in [3.8, 4) is 0 Å². The molecule has 3 nitrogen and oxygen atoms in total. The van der Waals surface area contributed by atoms with E-state index in [1.54, 1.807) is 11.3 Å². The summed E-state index contributed by atoms with van der Waals surface area (Å²) in [7, 11) is 2.16. The average Bonchev–Trinajstić information content (AvgIpc) is 2.75. The van der Waals surface area contributed by atoms with Crippen LogP contribution in [-0.2, 0) is 6.54 Å². The van der Waals surface area contributed by atoms with Crippen molar-refractivity contribution in [1.82, 2.24) is 15.2 Å². The van der Waals surface area contributed by atoms with E-state index in [9.17, 15) is 0 Å². The normalized spacial score (nSPS) is 22.1. The molecule has 78 valence electrons. The van der Waals surface area contributed by atoms with Crippen LogP contribution >= 0.6 is 22.9 Å². The van der Waals surface area contributed by atoms with Gasteiger partial charge in [0.2, 0.25) is 0 Å². The minimum Gasteiger partial charge on any atom is -0.315 e. The Labute approximate surface area is 93.1 Å². The number of likely N-dealkylation sites (N-methyl/N-ethyl adjacent to an activating group) is 1. The summed E-state index contributed by atoms with van der Waals surface area (Å²) in [6, 6.07) is 0.663. The maximum absolute atomic E-state index is 5.78. The van der Waals surface area contributed by atoms with Gasteiger partial charge in [-0.3, -0.25) is 4.90 Å². The summed E-state index contributed by atoms with van der Waals surface area (Å²) in [5.41, 5.74) is 0. The highest BCUT2D eigenvalue weighted by molar-refractivity contribution is 7.15. The van der Waals surface area contributed by atoms with E-state index < -0.39 is 0 Å². The summed E-state index contributed by atoms with van der Waals surface area (Å²) < 4.78 is 0.637. The van der Waals surface area contributed by atoms with Gasteiger partial charge in [-0.05, 0) is 20.0 Å². The summed E-state index contributed by atoms with van der Waals surface area (Å²) in [5.74, 6) is 0. The Kier molecular flexibility index (Phi) is 3.38. The van der Waals surface area contributed by atoms with Gasteiger partial charge in [0.15, 0.2) is 4.47 Å². The van der Waals surface area contributed by atoms with E-state index in [2.05, 4.69) is 22.2 Å². The Morgan fingerprint density at radius 3 is 3.21 bits per heavy atom. The van der Waals surface area contributed by atoms with Gasteiger partial charge in [0.1, 0.15) is 0 Å². The molecule has 0 saturated carbocycles. The highest BCUT2D eigenvalue weighted by atomic mass is 35.5. The zero-order valence-electron chi connectivity index (χ0n) is 8.16. The Bertz CT molecular complexity index is 296. The molecule has 1 aliphatic heterocycles. The van der Waals surface area contributed by atoms with E-state index in [0.29, 0.717) is 10.5 Å². The van der Waals surface area contributed by atoms with Gasteiger partial charge in [0, 0.05) is 30.2 Å². The van der Waals surface area contributed by atoms with Crippen molar-refractivity contribution >= 4 is 22.9 Å². The van der Waals surface area contributed by atoms with Gasteiger partial charge in [0.25, 0.3) is 0 Å². The van der Waals surface area contributed by atoms with Gasteiger partial charge in [-0.2, -0.15) is 0 Å². The molecule has 1 atom stereocenters. The zero-order valence-corrected chi connectivity index (χ0v) is 9.74. The molecule has 0 aromatic carbocycles. The van der Waals surface area contributed by atoms with Crippen LogP contribution in [0.5, 0.6) is 0 Å². The first-order valence-electron chi connectivity index (χ1n) is 4.77. The lowest BCUT2D eigenvalue weighted by Gasteiger charge is -2.22. The SMILES string of the molecule is CN(Cc1cnc(Cl)s1)C1CCNC1. The molecule has 0 aliphatic carbocycles. The van der Waals surface area contributed by atoms with Crippen molar-refractivity contribution in [2.24, 2.45) is 0 Å². The Balaban J connectivity index is 1.90. The molecule has 2 rings (SSSR count). The highest BCUT2D eigenvalue weighted by Crippen LogP contribution is 2.20. The number of nitrogens with zero attached hydrogens (tertiary/aromatic N) is 2. The third kappa shape index (κ3) is 2.45. The molecule has 1 aromatic rings. The van der Waals surface area contributed by atoms with E-state index in [1.165, 1.54) is 11.3 Å². The molecule has 14 heavy (non-hydrogen) atoms. The van der Waals surface area contributed by atoms with Crippen LogP contribution in [0, 0.1) is 0 Å². The topological polar surface area (TPSA) is 28.2 Å². The van der Waals surface area contributed by atoms with Gasteiger partial charge >= 0.3 is 0 Å². The molecule has 1 aliphatic rings. The molecule has 1 fully saturated rings. The van der Waals surface area contributed by atoms with Crippen molar-refractivity contribution in [1.29, 1.82) is 0 Å². The summed E-state index contributed by atoms with van der Waals surface area (Å²) in [6.07, 6.45) is 3.11. The van der Waals surface area contributed by atoms with Crippen molar-refractivity contribution in [2.45, 2.75) is 19.0 Å². The first-order valence-corrected chi connectivity index (χ1v) is 5.96. The van der Waals surface area contributed by atoms with Crippen LogP contribution < -0.4 is 5.32 Å². The van der Waals surface area contributed by atoms with E-state index in [0.717, 1.165) is 19.6 Å². The van der Waals surface area contributed by atoms with E-state index in [1.807, 2.05) is 6.20 Å². The van der Waals surface area contributed by atoms with E-state index >= 15 is 0 Å². The van der Waals surface area contributed by atoms with Crippen molar-refractivity contribution < 1.29 is 0 Å². The van der Waals surface area contributed by atoms with Crippen LogP contribution in [0.4, 0.5) is 0 Å². The lowest BCUT2D eigenvalue weighted by atomic mass is 10.2. The molecule has 0 radical (unpaired) electrons. The van der Waals surface area contributed by atoms with Crippen LogP contribution in [0.1, 0.15) is 11.3 Å². The number of nitrogens with one attached hydrogen (secondary N) is 1. The minimum absolute atomic E-state index is 0.637. The Morgan fingerprint density at radius 1 is 1.79 bits per heavy atom. The molecule has 1 saturated heterocycles. The van der Waals surface area contributed by atoms with E-state index in [4.69, 9.17) is 11.6 Å². The molecule has 0 bridgehead atoms. The lowest BCUT2D eigenvalue weighted by Crippen LogP contribution is -2.32. The Morgan fingerprint density at radius 2 is 2.64 bits per heavy atom. The molecular formula is C9H14ClN3S. The van der Waals surface area contributed by atoms with Gasteiger partial charge in [0.05, 0.1) is 0 Å². The molecule has 0 amide bonds. The number of halogens is 1. The second-order valence-corrected chi connectivity index (χ2v) is 5.34. The van der Waals surface area contributed by atoms with E-state index in [-0.39, 0.29) is 0 Å². The quantitative estimate of drug-likeness (QED) is 0.857. The van der Waals surface area contributed by atoms with Gasteiger partial charge in [-0.1, -0.05) is 11.6 Å². The summed E-state index contributed by atoms with van der Waals surface area (Å²) in [4.78, 5) is 7.64. The van der Waals surface area contributed by atoms with Crippen LogP contribution in [0.15, 0.2) is 6.20 Å².